The summed E-state index contributed by atoms with van der Waals surface area (Å²) in [5.74, 6) is 0.768. The molecule has 2 saturated heterocycles. The minimum Gasteiger partial charge on any atom is -0.497 e. The first kappa shape index (κ1) is 22.0. The molecule has 0 bridgehead atoms. The van der Waals surface area contributed by atoms with Crippen molar-refractivity contribution in [3.63, 3.8) is 0 Å². The molecule has 3 N–H and O–H groups in total. The highest BCUT2D eigenvalue weighted by molar-refractivity contribution is 5.89. The van der Waals surface area contributed by atoms with Crippen LogP contribution >= 0.6 is 0 Å². The molecule has 8 nitrogen and oxygen atoms in total. The van der Waals surface area contributed by atoms with Crippen LogP contribution in [0, 0.1) is 5.41 Å². The number of nitrogens with one attached hydrogen (secondary N) is 3. The largest absolute Gasteiger partial charge is 0.497 e. The second-order valence-electron chi connectivity index (χ2n) is 9.14. The standard InChI is InChI=1S/C26H29N5O3/c1-17(32)31-11-10-26(16-27-25(33)24(26)30-21-4-3-5-22(12-21)34-2)23(15-31)19-8-6-18(7-9-19)20-13-28-29-14-20/h3-9,12-14,23-24,30H,10-11,15-16H2,1-2H3,(H,27,33)(H,28,29). The molecule has 8 heteroatoms. The highest BCUT2D eigenvalue weighted by Crippen LogP contribution is 2.49. The van der Waals surface area contributed by atoms with E-state index < -0.39 is 6.04 Å². The van der Waals surface area contributed by atoms with Crippen LogP contribution in [0.3, 0.4) is 0 Å². The van der Waals surface area contributed by atoms with E-state index >= 15 is 0 Å². The molecule has 2 amide bonds. The predicted molar refractivity (Wildman–Crippen MR) is 129 cm³/mol. The highest BCUT2D eigenvalue weighted by Gasteiger charge is 2.55. The molecule has 5 rings (SSSR count). The Balaban J connectivity index is 1.51. The van der Waals surface area contributed by atoms with Crippen LogP contribution < -0.4 is 15.4 Å². The molecule has 3 aromatic rings. The maximum atomic E-state index is 13.1. The number of carbonyl (C=O) groups is 2. The number of aromatic nitrogens is 2. The molecule has 3 heterocycles. The van der Waals surface area contributed by atoms with Gasteiger partial charge in [-0.15, -0.1) is 0 Å². The van der Waals surface area contributed by atoms with Crippen LogP contribution in [0.1, 0.15) is 24.8 Å². The highest BCUT2D eigenvalue weighted by atomic mass is 16.5. The maximum Gasteiger partial charge on any atom is 0.243 e. The van der Waals surface area contributed by atoms with Gasteiger partial charge in [0.05, 0.1) is 13.3 Å². The molecule has 0 saturated carbocycles. The fourth-order valence-electron chi connectivity index (χ4n) is 5.41. The van der Waals surface area contributed by atoms with Gasteiger partial charge < -0.3 is 20.3 Å². The molecule has 0 radical (unpaired) electrons. The Kier molecular flexibility index (Phi) is 5.73. The monoisotopic (exact) mass is 459 g/mol. The Morgan fingerprint density at radius 3 is 2.74 bits per heavy atom. The maximum absolute atomic E-state index is 13.1. The first-order valence-electron chi connectivity index (χ1n) is 11.5. The minimum absolute atomic E-state index is 0.00870. The fraction of sp³-hybridized carbons (Fsp3) is 0.346. The van der Waals surface area contributed by atoms with Gasteiger partial charge >= 0.3 is 0 Å². The SMILES string of the molecule is COc1cccc(NC2C(=O)NCC23CCN(C(C)=O)CC3c2ccc(-c3cn[nH]c3)cc2)c1. The van der Waals surface area contributed by atoms with Crippen LogP contribution in [0.15, 0.2) is 60.9 Å². The molecule has 3 unspecified atom stereocenters. The van der Waals surface area contributed by atoms with Gasteiger partial charge in [0.15, 0.2) is 0 Å². The third-order valence-corrected chi connectivity index (χ3v) is 7.34. The number of methoxy groups -OCH3 is 1. The number of carbonyl (C=O) groups excluding carboxylic acids is 2. The molecule has 2 aliphatic rings. The van der Waals surface area contributed by atoms with Crippen LogP contribution in [-0.2, 0) is 9.59 Å². The van der Waals surface area contributed by atoms with Gasteiger partial charge in [-0.2, -0.15) is 5.10 Å². The molecule has 0 aliphatic carbocycles. The number of benzene rings is 2. The number of H-pyrrole nitrogens is 1. The van der Waals surface area contributed by atoms with E-state index in [-0.39, 0.29) is 23.1 Å². The molecule has 176 valence electrons. The van der Waals surface area contributed by atoms with E-state index in [2.05, 4.69) is 45.1 Å². The molecule has 3 atom stereocenters. The van der Waals surface area contributed by atoms with Crippen LogP contribution in [-0.4, -0.2) is 59.7 Å². The summed E-state index contributed by atoms with van der Waals surface area (Å²) in [7, 11) is 1.63. The smallest absolute Gasteiger partial charge is 0.243 e. The van der Waals surface area contributed by atoms with E-state index in [1.165, 1.54) is 0 Å². The number of ether oxygens (including phenoxy) is 1. The Hall–Kier alpha value is -3.81. The number of rotatable bonds is 5. The molecular weight excluding hydrogens is 430 g/mol. The Labute approximate surface area is 198 Å². The zero-order valence-electron chi connectivity index (χ0n) is 19.4. The lowest BCUT2D eigenvalue weighted by Gasteiger charge is -2.48. The number of anilines is 1. The molecular formula is C26H29N5O3. The number of hydrogen-bond acceptors (Lipinski definition) is 5. The molecule has 1 aromatic heterocycles. The van der Waals surface area contributed by atoms with Gasteiger partial charge in [-0.3, -0.25) is 14.7 Å². The number of nitrogens with zero attached hydrogens (tertiary/aromatic N) is 2. The quantitative estimate of drug-likeness (QED) is 0.545. The van der Waals surface area contributed by atoms with Crippen LogP contribution in [0.4, 0.5) is 5.69 Å². The number of likely N-dealkylation sites (tertiary alicyclic amines) is 1. The van der Waals surface area contributed by atoms with Crippen molar-refractivity contribution < 1.29 is 14.3 Å². The summed E-state index contributed by atoms with van der Waals surface area (Å²) >= 11 is 0. The molecule has 2 aliphatic heterocycles. The Bertz CT molecular complexity index is 1180. The van der Waals surface area contributed by atoms with Crippen molar-refractivity contribution >= 4 is 17.5 Å². The summed E-state index contributed by atoms with van der Waals surface area (Å²) in [4.78, 5) is 27.3. The normalized spacial score (nSPS) is 24.2. The average molecular weight is 460 g/mol. The predicted octanol–water partition coefficient (Wildman–Crippen LogP) is 3.02. The van der Waals surface area contributed by atoms with Crippen molar-refractivity contribution in [1.29, 1.82) is 0 Å². The van der Waals surface area contributed by atoms with E-state index in [4.69, 9.17) is 4.74 Å². The summed E-state index contributed by atoms with van der Waals surface area (Å²) in [6.45, 7) is 3.38. The Morgan fingerprint density at radius 1 is 1.21 bits per heavy atom. The van der Waals surface area contributed by atoms with Gasteiger partial charge in [0.25, 0.3) is 0 Å². The first-order valence-corrected chi connectivity index (χ1v) is 11.5. The van der Waals surface area contributed by atoms with Crippen molar-refractivity contribution in [2.75, 3.05) is 32.1 Å². The van der Waals surface area contributed by atoms with E-state index in [9.17, 15) is 9.59 Å². The number of hydrogen-bond donors (Lipinski definition) is 3. The molecule has 1 spiro atoms. The molecule has 34 heavy (non-hydrogen) atoms. The lowest BCUT2D eigenvalue weighted by molar-refractivity contribution is -0.131. The van der Waals surface area contributed by atoms with Gasteiger partial charge in [-0.1, -0.05) is 30.3 Å². The second kappa shape index (κ2) is 8.85. The minimum atomic E-state index is -0.424. The topological polar surface area (TPSA) is 99.3 Å². The summed E-state index contributed by atoms with van der Waals surface area (Å²) < 4.78 is 5.36. The summed E-state index contributed by atoms with van der Waals surface area (Å²) in [6.07, 6.45) is 4.38. The van der Waals surface area contributed by atoms with E-state index in [1.807, 2.05) is 35.4 Å². The van der Waals surface area contributed by atoms with E-state index in [0.717, 1.165) is 34.5 Å². The lowest BCUT2D eigenvalue weighted by atomic mass is 9.64. The fourth-order valence-corrected chi connectivity index (χ4v) is 5.41. The van der Waals surface area contributed by atoms with E-state index in [0.29, 0.717) is 19.6 Å². The third-order valence-electron chi connectivity index (χ3n) is 7.34. The average Bonchev–Trinajstić information content (AvgIpc) is 3.50. The van der Waals surface area contributed by atoms with Gasteiger partial charge in [0.2, 0.25) is 11.8 Å². The van der Waals surface area contributed by atoms with Gasteiger partial charge in [-0.25, -0.2) is 0 Å². The Morgan fingerprint density at radius 2 is 2.03 bits per heavy atom. The van der Waals surface area contributed by atoms with Crippen molar-refractivity contribution in [1.82, 2.24) is 20.4 Å². The van der Waals surface area contributed by atoms with Gasteiger partial charge in [0.1, 0.15) is 11.8 Å². The zero-order valence-corrected chi connectivity index (χ0v) is 19.4. The number of amides is 2. The van der Waals surface area contributed by atoms with Gasteiger partial charge in [0, 0.05) is 61.4 Å². The molecule has 2 aromatic carbocycles. The van der Waals surface area contributed by atoms with Crippen molar-refractivity contribution in [2.45, 2.75) is 25.3 Å². The van der Waals surface area contributed by atoms with Gasteiger partial charge in [-0.05, 0) is 29.7 Å². The first-order chi connectivity index (χ1) is 16.5. The van der Waals surface area contributed by atoms with Crippen LogP contribution in [0.25, 0.3) is 11.1 Å². The second-order valence-corrected chi connectivity index (χ2v) is 9.14. The van der Waals surface area contributed by atoms with Crippen molar-refractivity contribution in [3.8, 4) is 16.9 Å². The summed E-state index contributed by atoms with van der Waals surface area (Å²) in [6, 6.07) is 15.6. The number of aromatic amines is 1. The number of piperidine rings is 1. The van der Waals surface area contributed by atoms with E-state index in [1.54, 1.807) is 20.2 Å². The summed E-state index contributed by atoms with van der Waals surface area (Å²) in [5, 5.41) is 13.5. The van der Waals surface area contributed by atoms with Crippen molar-refractivity contribution in [3.05, 3.63) is 66.5 Å². The molecule has 2 fully saturated rings. The third kappa shape index (κ3) is 3.89. The van der Waals surface area contributed by atoms with Crippen LogP contribution in [0.5, 0.6) is 5.75 Å². The van der Waals surface area contributed by atoms with Crippen LogP contribution in [0.2, 0.25) is 0 Å². The van der Waals surface area contributed by atoms with Crippen molar-refractivity contribution in [2.24, 2.45) is 5.41 Å². The zero-order chi connectivity index (χ0) is 23.7. The lowest BCUT2D eigenvalue weighted by Crippen LogP contribution is -2.55. The summed E-state index contributed by atoms with van der Waals surface area (Å²) in [5.41, 5.74) is 3.67.